The van der Waals surface area contributed by atoms with Gasteiger partial charge in [0, 0.05) is 50.9 Å². The SMILES string of the molecule is CC1CCCC(N2CCN(Cc3ccc([N+](=O)[O-])cc3)CC2)C1.O=C(O)C(=O)O. The Labute approximate surface area is 170 Å². The maximum atomic E-state index is 10.7. The fourth-order valence-corrected chi connectivity index (χ4v) is 4.00. The van der Waals surface area contributed by atoms with Crippen LogP contribution in [-0.4, -0.2) is 69.1 Å². The minimum absolute atomic E-state index is 0.171. The number of non-ortho nitro benzene ring substituents is 1. The predicted octanol–water partition coefficient (Wildman–Crippen LogP) is 2.45. The number of nitro benzene ring substituents is 1. The molecule has 1 heterocycles. The highest BCUT2D eigenvalue weighted by Crippen LogP contribution is 2.28. The van der Waals surface area contributed by atoms with Crippen molar-refractivity contribution in [3.05, 3.63) is 39.9 Å². The zero-order valence-corrected chi connectivity index (χ0v) is 16.7. The molecule has 2 N–H and O–H groups in total. The van der Waals surface area contributed by atoms with Crippen LogP contribution in [0.3, 0.4) is 0 Å². The van der Waals surface area contributed by atoms with Gasteiger partial charge in [0.1, 0.15) is 0 Å². The molecule has 29 heavy (non-hydrogen) atoms. The second kappa shape index (κ2) is 10.9. The zero-order valence-electron chi connectivity index (χ0n) is 16.7. The standard InChI is InChI=1S/C18H27N3O2.C2H2O4/c1-15-3-2-4-18(13-15)20-11-9-19(10-12-20)14-16-5-7-17(8-6-16)21(22)23;3-1(4)2(5)6/h5-8,15,18H,2-4,9-14H2,1H3;(H,3,4)(H,5,6). The second-order valence-corrected chi connectivity index (χ2v) is 7.77. The van der Waals surface area contributed by atoms with Gasteiger partial charge in [-0.1, -0.05) is 31.9 Å². The highest BCUT2D eigenvalue weighted by Gasteiger charge is 2.27. The molecule has 160 valence electrons. The van der Waals surface area contributed by atoms with Crippen molar-refractivity contribution in [1.29, 1.82) is 0 Å². The molecule has 0 radical (unpaired) electrons. The molecule has 2 aliphatic rings. The first-order valence-electron chi connectivity index (χ1n) is 9.92. The van der Waals surface area contributed by atoms with Crippen molar-refractivity contribution >= 4 is 17.6 Å². The fourth-order valence-electron chi connectivity index (χ4n) is 4.00. The van der Waals surface area contributed by atoms with Gasteiger partial charge in [0.05, 0.1) is 4.92 Å². The van der Waals surface area contributed by atoms with Crippen LogP contribution in [0.25, 0.3) is 0 Å². The summed E-state index contributed by atoms with van der Waals surface area (Å²) in [6, 6.07) is 7.77. The molecule has 1 aromatic rings. The van der Waals surface area contributed by atoms with E-state index in [9.17, 15) is 10.1 Å². The molecule has 1 aromatic carbocycles. The number of piperazine rings is 1. The Morgan fingerprint density at radius 2 is 1.66 bits per heavy atom. The lowest BCUT2D eigenvalue weighted by Gasteiger charge is -2.42. The van der Waals surface area contributed by atoms with Gasteiger partial charge < -0.3 is 10.2 Å². The van der Waals surface area contributed by atoms with Crippen molar-refractivity contribution in [1.82, 2.24) is 9.80 Å². The van der Waals surface area contributed by atoms with Crippen LogP contribution in [0, 0.1) is 16.0 Å². The lowest BCUT2D eigenvalue weighted by Crippen LogP contribution is -2.50. The molecule has 3 rings (SSSR count). The number of hydrogen-bond acceptors (Lipinski definition) is 6. The minimum atomic E-state index is -1.82. The monoisotopic (exact) mass is 407 g/mol. The van der Waals surface area contributed by atoms with Crippen molar-refractivity contribution in [2.75, 3.05) is 26.2 Å². The highest BCUT2D eigenvalue weighted by molar-refractivity contribution is 6.27. The molecule has 1 saturated heterocycles. The van der Waals surface area contributed by atoms with E-state index in [1.165, 1.54) is 25.7 Å². The quantitative estimate of drug-likeness (QED) is 0.443. The smallest absolute Gasteiger partial charge is 0.414 e. The Balaban J connectivity index is 0.000000438. The predicted molar refractivity (Wildman–Crippen MR) is 107 cm³/mol. The Morgan fingerprint density at radius 3 is 2.14 bits per heavy atom. The van der Waals surface area contributed by atoms with Crippen LogP contribution in [0.4, 0.5) is 5.69 Å². The summed E-state index contributed by atoms with van der Waals surface area (Å²) in [4.78, 5) is 33.7. The van der Waals surface area contributed by atoms with E-state index in [1.54, 1.807) is 12.1 Å². The number of nitro groups is 1. The molecule has 0 aromatic heterocycles. The molecule has 9 nitrogen and oxygen atoms in total. The molecule has 0 amide bonds. The Morgan fingerprint density at radius 1 is 1.07 bits per heavy atom. The maximum absolute atomic E-state index is 10.7. The van der Waals surface area contributed by atoms with E-state index in [4.69, 9.17) is 19.8 Å². The van der Waals surface area contributed by atoms with Crippen molar-refractivity contribution in [2.45, 2.75) is 45.2 Å². The first-order chi connectivity index (χ1) is 13.8. The normalized spacial score (nSPS) is 22.9. The molecule has 2 atom stereocenters. The highest BCUT2D eigenvalue weighted by atomic mass is 16.6. The second-order valence-electron chi connectivity index (χ2n) is 7.77. The summed E-state index contributed by atoms with van der Waals surface area (Å²) in [6.45, 7) is 7.79. The van der Waals surface area contributed by atoms with Gasteiger partial charge in [0.15, 0.2) is 0 Å². The van der Waals surface area contributed by atoms with Crippen LogP contribution in [-0.2, 0) is 16.1 Å². The zero-order chi connectivity index (χ0) is 21.4. The number of carboxylic acids is 2. The third-order valence-electron chi connectivity index (χ3n) is 5.57. The summed E-state index contributed by atoms with van der Waals surface area (Å²) in [7, 11) is 0. The number of carbonyl (C=O) groups is 2. The van der Waals surface area contributed by atoms with Crippen LogP contribution in [0.2, 0.25) is 0 Å². The molecule has 0 spiro atoms. The van der Waals surface area contributed by atoms with Gasteiger partial charge in [-0.25, -0.2) is 9.59 Å². The summed E-state index contributed by atoms with van der Waals surface area (Å²) in [6.07, 6.45) is 5.51. The summed E-state index contributed by atoms with van der Waals surface area (Å²) >= 11 is 0. The average molecular weight is 407 g/mol. The van der Waals surface area contributed by atoms with Crippen molar-refractivity contribution in [3.63, 3.8) is 0 Å². The fraction of sp³-hybridized carbons (Fsp3) is 0.600. The van der Waals surface area contributed by atoms with Crippen LogP contribution >= 0.6 is 0 Å². The number of hydrogen-bond donors (Lipinski definition) is 2. The number of rotatable bonds is 4. The molecule has 1 aliphatic carbocycles. The van der Waals surface area contributed by atoms with E-state index in [1.807, 2.05) is 12.1 Å². The molecular weight excluding hydrogens is 378 g/mol. The lowest BCUT2D eigenvalue weighted by molar-refractivity contribution is -0.384. The van der Waals surface area contributed by atoms with Crippen molar-refractivity contribution in [2.24, 2.45) is 5.92 Å². The lowest BCUT2D eigenvalue weighted by atomic mass is 9.86. The van der Waals surface area contributed by atoms with E-state index in [2.05, 4.69) is 16.7 Å². The Hall–Kier alpha value is -2.52. The summed E-state index contributed by atoms with van der Waals surface area (Å²) in [5, 5.41) is 25.5. The topological polar surface area (TPSA) is 124 Å². The maximum Gasteiger partial charge on any atom is 0.414 e. The molecule has 1 aliphatic heterocycles. The molecule has 0 bridgehead atoms. The Bertz CT molecular complexity index is 689. The number of carboxylic acid groups (broad SMARTS) is 2. The van der Waals surface area contributed by atoms with Gasteiger partial charge in [-0.05, 0) is 24.3 Å². The number of nitrogens with zero attached hydrogens (tertiary/aromatic N) is 3. The Kier molecular flexibility index (Phi) is 8.53. The number of benzene rings is 1. The van der Waals surface area contributed by atoms with Gasteiger partial charge in [-0.2, -0.15) is 0 Å². The summed E-state index contributed by atoms with van der Waals surface area (Å²) in [5.41, 5.74) is 1.33. The van der Waals surface area contributed by atoms with Gasteiger partial charge >= 0.3 is 11.9 Å². The van der Waals surface area contributed by atoms with E-state index >= 15 is 0 Å². The first kappa shape index (κ1) is 22.8. The van der Waals surface area contributed by atoms with E-state index in [0.29, 0.717) is 0 Å². The van der Waals surface area contributed by atoms with Gasteiger partial charge in [0.25, 0.3) is 5.69 Å². The van der Waals surface area contributed by atoms with Crippen molar-refractivity contribution in [3.8, 4) is 0 Å². The van der Waals surface area contributed by atoms with E-state index in [-0.39, 0.29) is 10.6 Å². The third-order valence-corrected chi connectivity index (χ3v) is 5.57. The van der Waals surface area contributed by atoms with Crippen molar-refractivity contribution < 1.29 is 24.7 Å². The molecule has 2 unspecified atom stereocenters. The van der Waals surface area contributed by atoms with E-state index in [0.717, 1.165) is 50.2 Å². The first-order valence-corrected chi connectivity index (χ1v) is 9.92. The average Bonchev–Trinajstić information content (AvgIpc) is 2.69. The molecular formula is C20H29N3O6. The van der Waals surface area contributed by atoms with Crippen LogP contribution in [0.5, 0.6) is 0 Å². The minimum Gasteiger partial charge on any atom is -0.473 e. The van der Waals surface area contributed by atoms with Gasteiger partial charge in [-0.3, -0.25) is 19.9 Å². The largest absolute Gasteiger partial charge is 0.473 e. The van der Waals surface area contributed by atoms with Gasteiger partial charge in [-0.15, -0.1) is 0 Å². The van der Waals surface area contributed by atoms with Crippen LogP contribution in [0.1, 0.15) is 38.2 Å². The third kappa shape index (κ3) is 7.43. The summed E-state index contributed by atoms with van der Waals surface area (Å²) < 4.78 is 0. The number of aliphatic carboxylic acids is 2. The molecule has 2 fully saturated rings. The summed E-state index contributed by atoms with van der Waals surface area (Å²) in [5.74, 6) is -2.77. The van der Waals surface area contributed by atoms with Crippen LogP contribution < -0.4 is 0 Å². The molecule has 1 saturated carbocycles. The van der Waals surface area contributed by atoms with E-state index < -0.39 is 11.9 Å². The molecule has 9 heteroatoms. The van der Waals surface area contributed by atoms with Crippen LogP contribution in [0.15, 0.2) is 24.3 Å². The van der Waals surface area contributed by atoms with Gasteiger partial charge in [0.2, 0.25) is 0 Å².